The van der Waals surface area contributed by atoms with E-state index in [9.17, 15) is 9.35 Å². The van der Waals surface area contributed by atoms with Gasteiger partial charge in [0.2, 0.25) is 5.91 Å². The van der Waals surface area contributed by atoms with E-state index in [-0.39, 0.29) is 47.1 Å². The summed E-state index contributed by atoms with van der Waals surface area (Å²) in [4.78, 5) is 11.5. The van der Waals surface area contributed by atoms with Gasteiger partial charge in [-0.25, -0.2) is 0 Å². The van der Waals surface area contributed by atoms with Crippen LogP contribution in [0, 0.1) is 5.92 Å². The summed E-state index contributed by atoms with van der Waals surface area (Å²) in [6.45, 7) is 6.86. The minimum atomic E-state index is -3.82. The quantitative estimate of drug-likeness (QED) is 0.543. The molecule has 0 aromatic carbocycles. The summed E-state index contributed by atoms with van der Waals surface area (Å²) in [6.07, 6.45) is 0.704. The molecule has 0 spiro atoms. The predicted molar refractivity (Wildman–Crippen MR) is 60.2 cm³/mol. The first kappa shape index (κ1) is 19.0. The molecule has 3 N–H and O–H groups in total. The summed E-state index contributed by atoms with van der Waals surface area (Å²) in [7, 11) is -3.82. The van der Waals surface area contributed by atoms with Crippen LogP contribution in [0.5, 0.6) is 0 Å². The van der Waals surface area contributed by atoms with Gasteiger partial charge in [-0.1, -0.05) is 13.8 Å². The van der Waals surface area contributed by atoms with Crippen LogP contribution in [0.25, 0.3) is 0 Å². The van der Waals surface area contributed by atoms with Gasteiger partial charge in [0.15, 0.2) is 0 Å². The normalized spacial score (nSPS) is 14.9. The Morgan fingerprint density at radius 1 is 1.50 bits per heavy atom. The van der Waals surface area contributed by atoms with E-state index >= 15 is 0 Å². The van der Waals surface area contributed by atoms with Gasteiger partial charge >= 0.3 is 29.6 Å². The fraction of sp³-hybridized carbons (Fsp3) is 0.889. The van der Waals surface area contributed by atoms with Crippen LogP contribution in [0.15, 0.2) is 0 Å². The molecule has 0 aliphatic carbocycles. The molecule has 0 aliphatic rings. The monoisotopic (exact) mass is 261 g/mol. The van der Waals surface area contributed by atoms with E-state index in [0.29, 0.717) is 6.42 Å². The molecule has 0 fully saturated rings. The zero-order chi connectivity index (χ0) is 12.3. The van der Waals surface area contributed by atoms with Crippen LogP contribution in [0.1, 0.15) is 34.1 Å². The number of carbonyl (C=O) groups is 1. The first-order valence-corrected chi connectivity index (χ1v) is 6.50. The molecule has 0 rings (SSSR count). The second kappa shape index (κ2) is 7.20. The molecule has 1 atom stereocenters. The van der Waals surface area contributed by atoms with Crippen molar-refractivity contribution in [1.29, 1.82) is 0 Å². The van der Waals surface area contributed by atoms with Crippen LogP contribution < -0.4 is 34.9 Å². The minimum absolute atomic E-state index is 0. The first-order chi connectivity index (χ1) is 6.57. The van der Waals surface area contributed by atoms with Crippen LogP contribution in [-0.2, 0) is 4.79 Å². The molecular weight excluding hydrogens is 241 g/mol. The number of amides is 1. The zero-order valence-corrected chi connectivity index (χ0v) is 13.4. The van der Waals surface area contributed by atoms with Gasteiger partial charge in [-0.2, -0.15) is 0 Å². The summed E-state index contributed by atoms with van der Waals surface area (Å²) in [5, 5.41) is 2.63. The standard InChI is InChI=1S/C9H21NO4S.Na/c1-5-7(2)8(11)10-9(3,4)6-15(12,13)14;/h7,12-14H,5-6H2,1-4H3,(H,10,11);/q;+1/p-1. The first-order valence-electron chi connectivity index (χ1n) is 4.86. The van der Waals surface area contributed by atoms with Gasteiger partial charge in [0.25, 0.3) is 0 Å². The molecule has 92 valence electrons. The fourth-order valence-electron chi connectivity index (χ4n) is 1.15. The van der Waals surface area contributed by atoms with Crippen LogP contribution in [0.4, 0.5) is 0 Å². The van der Waals surface area contributed by atoms with Gasteiger partial charge in [-0.3, -0.25) is 4.79 Å². The van der Waals surface area contributed by atoms with E-state index in [0.717, 1.165) is 0 Å². The maximum absolute atomic E-state index is 11.5. The molecule has 0 saturated heterocycles. The molecule has 5 nitrogen and oxygen atoms in total. The largest absolute Gasteiger partial charge is 1.00 e. The third-order valence-corrected chi connectivity index (χ3v) is 3.17. The number of nitrogens with one attached hydrogen (secondary N) is 1. The summed E-state index contributed by atoms with van der Waals surface area (Å²) in [5.41, 5.74) is -0.888. The van der Waals surface area contributed by atoms with E-state index in [4.69, 9.17) is 9.11 Å². The van der Waals surface area contributed by atoms with Crippen molar-refractivity contribution in [2.75, 3.05) is 5.75 Å². The maximum Gasteiger partial charge on any atom is 1.00 e. The SMILES string of the molecule is CCC(C)C(=O)NC(C)(C)CS([O-])(O)O.[Na+]. The topological polar surface area (TPSA) is 92.6 Å². The van der Waals surface area contributed by atoms with Crippen molar-refractivity contribution in [3.63, 3.8) is 0 Å². The van der Waals surface area contributed by atoms with Crippen molar-refractivity contribution in [3.05, 3.63) is 0 Å². The van der Waals surface area contributed by atoms with Crippen LogP contribution in [0.3, 0.4) is 0 Å². The van der Waals surface area contributed by atoms with Crippen molar-refractivity contribution < 1.29 is 48.0 Å². The van der Waals surface area contributed by atoms with Gasteiger partial charge < -0.3 is 19.0 Å². The molecule has 7 heteroatoms. The zero-order valence-electron chi connectivity index (χ0n) is 10.6. The molecular formula is C9H20NNaO4S. The van der Waals surface area contributed by atoms with E-state index in [2.05, 4.69) is 5.32 Å². The Morgan fingerprint density at radius 2 is 1.94 bits per heavy atom. The second-order valence-electron chi connectivity index (χ2n) is 4.43. The van der Waals surface area contributed by atoms with Crippen LogP contribution in [-0.4, -0.2) is 30.9 Å². The Bertz CT molecular complexity index is 230. The van der Waals surface area contributed by atoms with E-state index in [1.165, 1.54) is 0 Å². The average Bonchev–Trinajstić information content (AvgIpc) is 1.96. The number of rotatable bonds is 5. The van der Waals surface area contributed by atoms with E-state index < -0.39 is 16.4 Å². The van der Waals surface area contributed by atoms with Crippen molar-refractivity contribution in [1.82, 2.24) is 5.32 Å². The van der Waals surface area contributed by atoms with Gasteiger partial charge in [-0.15, -0.1) is 10.9 Å². The maximum atomic E-state index is 11.5. The van der Waals surface area contributed by atoms with E-state index in [1.54, 1.807) is 20.8 Å². The number of hydrogen-bond acceptors (Lipinski definition) is 4. The summed E-state index contributed by atoms with van der Waals surface area (Å²) >= 11 is 0. The molecule has 0 radical (unpaired) electrons. The fourth-order valence-corrected chi connectivity index (χ4v) is 2.16. The summed E-state index contributed by atoms with van der Waals surface area (Å²) in [5.74, 6) is -0.689. The van der Waals surface area contributed by atoms with Crippen molar-refractivity contribution in [2.45, 2.75) is 39.7 Å². The molecule has 0 aromatic heterocycles. The Labute approximate surface area is 121 Å². The Kier molecular flexibility index (Phi) is 8.58. The molecule has 1 unspecified atom stereocenters. The molecule has 0 aliphatic heterocycles. The third-order valence-electron chi connectivity index (χ3n) is 2.07. The van der Waals surface area contributed by atoms with Gasteiger partial charge in [-0.05, 0) is 20.3 Å². The van der Waals surface area contributed by atoms with Crippen LogP contribution >= 0.6 is 10.9 Å². The van der Waals surface area contributed by atoms with Gasteiger partial charge in [0.05, 0.1) is 0 Å². The molecule has 0 heterocycles. The Morgan fingerprint density at radius 3 is 2.25 bits per heavy atom. The molecule has 1 amide bonds. The van der Waals surface area contributed by atoms with Crippen molar-refractivity contribution >= 4 is 16.8 Å². The molecule has 0 saturated carbocycles. The summed E-state index contributed by atoms with van der Waals surface area (Å²) < 4.78 is 28.4. The number of carbonyl (C=O) groups excluding carboxylic acids is 1. The molecule has 0 bridgehead atoms. The number of hydrogen-bond donors (Lipinski definition) is 3. The van der Waals surface area contributed by atoms with Crippen LogP contribution in [0.2, 0.25) is 0 Å². The smallest absolute Gasteiger partial charge is 0.773 e. The minimum Gasteiger partial charge on any atom is -0.773 e. The third kappa shape index (κ3) is 8.81. The summed E-state index contributed by atoms with van der Waals surface area (Å²) in [6, 6.07) is 0. The predicted octanol–water partition coefficient (Wildman–Crippen LogP) is -1.19. The Balaban J connectivity index is 0. The van der Waals surface area contributed by atoms with Gasteiger partial charge in [0.1, 0.15) is 0 Å². The average molecular weight is 261 g/mol. The van der Waals surface area contributed by atoms with Crippen molar-refractivity contribution in [3.8, 4) is 0 Å². The molecule has 16 heavy (non-hydrogen) atoms. The van der Waals surface area contributed by atoms with E-state index in [1.807, 2.05) is 6.92 Å². The second-order valence-corrected chi connectivity index (χ2v) is 5.94. The Hall–Kier alpha value is 0.700. The van der Waals surface area contributed by atoms with Crippen molar-refractivity contribution in [2.24, 2.45) is 5.92 Å². The van der Waals surface area contributed by atoms with Gasteiger partial charge in [0, 0.05) is 17.2 Å². The molecule has 0 aromatic rings.